The van der Waals surface area contributed by atoms with Gasteiger partial charge in [-0.25, -0.2) is 0 Å². The number of fused-ring (bicyclic) bond motifs is 1. The first-order valence-corrected chi connectivity index (χ1v) is 13.2. The Hall–Kier alpha value is -2.15. The number of phenols is 1. The molecule has 6 nitrogen and oxygen atoms in total. The third kappa shape index (κ3) is 5.82. The zero-order valence-electron chi connectivity index (χ0n) is 21.0. The SMILES string of the molecule is CCC/C(=C\c1ccc(O)cc1Cl)CC[C@@H](O)C1=C(CC)C[C@H]2C(=O)N(CCC)C(=O)[C@H]2[C@H]1CO. The first kappa shape index (κ1) is 27.4. The monoisotopic (exact) mass is 503 g/mol. The highest BCUT2D eigenvalue weighted by Crippen LogP contribution is 2.47. The lowest BCUT2D eigenvalue weighted by atomic mass is 9.67. The first-order valence-electron chi connectivity index (χ1n) is 12.8. The summed E-state index contributed by atoms with van der Waals surface area (Å²) in [5.74, 6) is -1.82. The molecule has 2 amide bonds. The number of aliphatic hydroxyl groups is 2. The summed E-state index contributed by atoms with van der Waals surface area (Å²) in [7, 11) is 0. The van der Waals surface area contributed by atoms with Crippen molar-refractivity contribution in [3.05, 3.63) is 45.5 Å². The summed E-state index contributed by atoms with van der Waals surface area (Å²) in [6, 6.07) is 4.88. The molecule has 3 N–H and O–H groups in total. The molecular formula is C28H38ClNO5. The third-order valence-corrected chi connectivity index (χ3v) is 7.69. The Morgan fingerprint density at radius 3 is 2.51 bits per heavy atom. The van der Waals surface area contributed by atoms with Gasteiger partial charge in [-0.1, -0.05) is 56.0 Å². The summed E-state index contributed by atoms with van der Waals surface area (Å²) in [6.07, 6.45) is 5.91. The number of aromatic hydroxyl groups is 1. The summed E-state index contributed by atoms with van der Waals surface area (Å²) in [4.78, 5) is 27.4. The van der Waals surface area contributed by atoms with Crippen LogP contribution < -0.4 is 0 Å². The van der Waals surface area contributed by atoms with Gasteiger partial charge in [-0.2, -0.15) is 0 Å². The van der Waals surface area contributed by atoms with Crippen molar-refractivity contribution < 1.29 is 24.9 Å². The highest BCUT2D eigenvalue weighted by molar-refractivity contribution is 6.32. The first-order chi connectivity index (χ1) is 16.8. The standard InChI is InChI=1S/C28H38ClNO5/c1-4-7-17(13-19-9-10-20(32)15-23(19)29)8-11-24(33)25-18(6-3)14-21-26(22(25)16-31)28(35)30(12-5-2)27(21)34/h9-10,13,15,21-22,24,26,31-33H,4-8,11-12,14,16H2,1-3H3/b17-13+/t21-,22+,24-,26-/m1/s1. The lowest BCUT2D eigenvalue weighted by Gasteiger charge is -2.36. The summed E-state index contributed by atoms with van der Waals surface area (Å²) in [6.45, 7) is 6.15. The number of rotatable bonds is 11. The molecule has 0 bridgehead atoms. The maximum Gasteiger partial charge on any atom is 0.233 e. The Kier molecular flexibility index (Phi) is 9.56. The molecule has 1 heterocycles. The molecule has 0 unspecified atom stereocenters. The van der Waals surface area contributed by atoms with Gasteiger partial charge in [-0.15, -0.1) is 0 Å². The van der Waals surface area contributed by atoms with Crippen LogP contribution in [0.25, 0.3) is 6.08 Å². The van der Waals surface area contributed by atoms with Crippen LogP contribution in [0.1, 0.15) is 71.3 Å². The van der Waals surface area contributed by atoms with E-state index in [1.165, 1.54) is 11.0 Å². The van der Waals surface area contributed by atoms with Crippen molar-refractivity contribution in [3.8, 4) is 5.75 Å². The predicted molar refractivity (Wildman–Crippen MR) is 138 cm³/mol. The number of phenolic OH excluding ortho intramolecular Hbond substituents is 1. The Labute approximate surface area is 213 Å². The van der Waals surface area contributed by atoms with Crippen LogP contribution in [0.2, 0.25) is 5.02 Å². The van der Waals surface area contributed by atoms with Crippen LogP contribution in [0, 0.1) is 17.8 Å². The Bertz CT molecular complexity index is 1000. The number of carbonyl (C=O) groups is 2. The molecule has 1 saturated heterocycles. The molecule has 2 aliphatic rings. The third-order valence-electron chi connectivity index (χ3n) is 7.36. The van der Waals surface area contributed by atoms with Crippen molar-refractivity contribution in [1.29, 1.82) is 0 Å². The smallest absolute Gasteiger partial charge is 0.233 e. The normalized spacial score (nSPS) is 23.8. The van der Waals surface area contributed by atoms with Gasteiger partial charge in [0.2, 0.25) is 11.8 Å². The summed E-state index contributed by atoms with van der Waals surface area (Å²) < 4.78 is 0. The lowest BCUT2D eigenvalue weighted by Crippen LogP contribution is -2.39. The summed E-state index contributed by atoms with van der Waals surface area (Å²) in [5.41, 5.74) is 3.68. The van der Waals surface area contributed by atoms with Gasteiger partial charge >= 0.3 is 0 Å². The minimum Gasteiger partial charge on any atom is -0.508 e. The molecule has 1 aliphatic heterocycles. The van der Waals surface area contributed by atoms with Crippen molar-refractivity contribution in [1.82, 2.24) is 4.90 Å². The van der Waals surface area contributed by atoms with Crippen LogP contribution in [0.4, 0.5) is 0 Å². The lowest BCUT2D eigenvalue weighted by molar-refractivity contribution is -0.140. The van der Waals surface area contributed by atoms with Gasteiger partial charge in [0.1, 0.15) is 5.75 Å². The van der Waals surface area contributed by atoms with E-state index in [4.69, 9.17) is 11.6 Å². The number of likely N-dealkylation sites (tertiary alicyclic amines) is 1. The molecule has 0 saturated carbocycles. The summed E-state index contributed by atoms with van der Waals surface area (Å²) in [5, 5.41) is 31.7. The highest BCUT2D eigenvalue weighted by atomic mass is 35.5. The minimum absolute atomic E-state index is 0.113. The van der Waals surface area contributed by atoms with E-state index in [0.29, 0.717) is 43.7 Å². The maximum absolute atomic E-state index is 13.1. The van der Waals surface area contributed by atoms with Gasteiger partial charge in [0.15, 0.2) is 0 Å². The number of imide groups is 1. The van der Waals surface area contributed by atoms with Crippen molar-refractivity contribution in [2.75, 3.05) is 13.2 Å². The largest absolute Gasteiger partial charge is 0.508 e. The molecule has 1 fully saturated rings. The average Bonchev–Trinajstić information content (AvgIpc) is 3.07. The van der Waals surface area contributed by atoms with Gasteiger partial charge < -0.3 is 15.3 Å². The second-order valence-corrected chi connectivity index (χ2v) is 10.1. The number of nitrogens with zero attached hydrogens (tertiary/aromatic N) is 1. The van der Waals surface area contributed by atoms with Crippen LogP contribution in [-0.4, -0.2) is 51.3 Å². The van der Waals surface area contributed by atoms with E-state index in [1.807, 2.05) is 19.9 Å². The van der Waals surface area contributed by atoms with E-state index in [2.05, 4.69) is 6.92 Å². The van der Waals surface area contributed by atoms with Crippen molar-refractivity contribution in [3.63, 3.8) is 0 Å². The molecule has 3 rings (SSSR count). The molecule has 0 spiro atoms. The summed E-state index contributed by atoms with van der Waals surface area (Å²) >= 11 is 6.29. The molecule has 1 aromatic rings. The highest BCUT2D eigenvalue weighted by Gasteiger charge is 2.54. The molecule has 4 atom stereocenters. The fraction of sp³-hybridized carbons (Fsp3) is 0.571. The molecular weight excluding hydrogens is 466 g/mol. The number of amides is 2. The van der Waals surface area contributed by atoms with Crippen molar-refractivity contribution in [2.45, 2.75) is 71.8 Å². The number of halogens is 1. The zero-order valence-corrected chi connectivity index (χ0v) is 21.7. The van der Waals surface area contributed by atoms with Crippen LogP contribution in [-0.2, 0) is 9.59 Å². The van der Waals surface area contributed by atoms with Gasteiger partial charge in [-0.05, 0) is 67.9 Å². The Morgan fingerprint density at radius 2 is 1.91 bits per heavy atom. The van der Waals surface area contributed by atoms with E-state index < -0.39 is 23.9 Å². The van der Waals surface area contributed by atoms with E-state index >= 15 is 0 Å². The fourth-order valence-electron chi connectivity index (χ4n) is 5.73. The number of hydrogen-bond donors (Lipinski definition) is 3. The molecule has 0 aromatic heterocycles. The Balaban J connectivity index is 1.84. The van der Waals surface area contributed by atoms with E-state index in [-0.39, 0.29) is 24.2 Å². The molecule has 0 radical (unpaired) electrons. The van der Waals surface area contributed by atoms with Crippen molar-refractivity contribution in [2.24, 2.45) is 17.8 Å². The van der Waals surface area contributed by atoms with E-state index in [1.54, 1.807) is 12.1 Å². The van der Waals surface area contributed by atoms with E-state index in [9.17, 15) is 24.9 Å². The maximum atomic E-state index is 13.1. The molecule has 35 heavy (non-hydrogen) atoms. The number of benzene rings is 1. The zero-order chi connectivity index (χ0) is 25.7. The second kappa shape index (κ2) is 12.2. The number of aliphatic hydroxyl groups excluding tert-OH is 2. The number of hydrogen-bond acceptors (Lipinski definition) is 5. The molecule has 1 aliphatic carbocycles. The van der Waals surface area contributed by atoms with Crippen molar-refractivity contribution >= 4 is 29.5 Å². The average molecular weight is 504 g/mol. The topological polar surface area (TPSA) is 98.1 Å². The molecule has 7 heteroatoms. The molecule has 192 valence electrons. The van der Waals surface area contributed by atoms with E-state index in [0.717, 1.165) is 35.1 Å². The van der Waals surface area contributed by atoms with Crippen LogP contribution in [0.3, 0.4) is 0 Å². The minimum atomic E-state index is -0.804. The van der Waals surface area contributed by atoms with Crippen LogP contribution in [0.5, 0.6) is 5.75 Å². The molecule has 1 aromatic carbocycles. The number of allylic oxidation sites excluding steroid dienone is 2. The van der Waals surface area contributed by atoms with Gasteiger partial charge in [0.05, 0.1) is 29.6 Å². The quantitative estimate of drug-likeness (QED) is 0.288. The Morgan fingerprint density at radius 1 is 1.17 bits per heavy atom. The number of carbonyl (C=O) groups excluding carboxylic acids is 2. The van der Waals surface area contributed by atoms with Crippen LogP contribution in [0.15, 0.2) is 34.9 Å². The van der Waals surface area contributed by atoms with Gasteiger partial charge in [-0.3, -0.25) is 14.5 Å². The second-order valence-electron chi connectivity index (χ2n) is 9.68. The predicted octanol–water partition coefficient (Wildman–Crippen LogP) is 5.10. The van der Waals surface area contributed by atoms with Gasteiger partial charge in [0.25, 0.3) is 0 Å². The van der Waals surface area contributed by atoms with Gasteiger partial charge in [0, 0.05) is 12.5 Å². The fourth-order valence-corrected chi connectivity index (χ4v) is 5.96. The van der Waals surface area contributed by atoms with Crippen LogP contribution >= 0.6 is 11.6 Å².